The molecule has 0 spiro atoms. The van der Waals surface area contributed by atoms with Crippen LogP contribution in [0.25, 0.3) is 6.08 Å². The van der Waals surface area contributed by atoms with Crippen LogP contribution in [0, 0.1) is 12.8 Å². The summed E-state index contributed by atoms with van der Waals surface area (Å²) in [5.74, 6) is -2.52. The third kappa shape index (κ3) is 5.58. The molecule has 3 aromatic rings. The molecule has 1 aromatic heterocycles. The number of allylic oxidation sites excluding steroid dienone is 1. The Bertz CT molecular complexity index is 1280. The molecule has 0 saturated carbocycles. The highest BCUT2D eigenvalue weighted by molar-refractivity contribution is 8.19. The number of aryl methyl sites for hydroxylation is 1. The first-order chi connectivity index (χ1) is 16.4. The normalized spacial score (nSPS) is 17.9. The Labute approximate surface area is 205 Å². The smallest absolute Gasteiger partial charge is 0.323 e. The van der Waals surface area contributed by atoms with Gasteiger partial charge in [-0.1, -0.05) is 59.4 Å². The van der Waals surface area contributed by atoms with E-state index in [-0.39, 0.29) is 16.6 Å². The molecule has 34 heavy (non-hydrogen) atoms. The fourth-order valence-electron chi connectivity index (χ4n) is 3.16. The number of esters is 1. The zero-order chi connectivity index (χ0) is 24.1. The molecule has 172 valence electrons. The molecule has 2 aromatic carbocycles. The van der Waals surface area contributed by atoms with Crippen molar-refractivity contribution in [2.24, 2.45) is 10.9 Å². The predicted molar refractivity (Wildman–Crippen MR) is 133 cm³/mol. The van der Waals surface area contributed by atoms with Crippen molar-refractivity contribution < 1.29 is 23.5 Å². The maximum atomic E-state index is 13.1. The number of furan rings is 1. The van der Waals surface area contributed by atoms with Crippen LogP contribution in [0.3, 0.4) is 0 Å². The number of carbonyl (C=O) groups excluding carboxylic acids is 3. The predicted octanol–water partition coefficient (Wildman–Crippen LogP) is 5.81. The average Bonchev–Trinajstić information content (AvgIpc) is 3.38. The second kappa shape index (κ2) is 10.7. The Morgan fingerprint density at radius 1 is 1.09 bits per heavy atom. The van der Waals surface area contributed by atoms with Crippen molar-refractivity contribution in [2.75, 3.05) is 6.61 Å². The van der Waals surface area contributed by atoms with Crippen LogP contribution in [0.4, 0.5) is 0 Å². The van der Waals surface area contributed by atoms with Crippen molar-refractivity contribution in [1.82, 2.24) is 0 Å². The monoisotopic (exact) mass is 491 g/mol. The van der Waals surface area contributed by atoms with Crippen molar-refractivity contribution in [3.05, 3.63) is 88.5 Å². The largest absolute Gasteiger partial charge is 0.465 e. The van der Waals surface area contributed by atoms with E-state index in [4.69, 9.17) is 9.15 Å². The number of nitrogens with zero attached hydrogens (tertiary/aromatic N) is 1. The van der Waals surface area contributed by atoms with E-state index in [1.165, 1.54) is 11.8 Å². The van der Waals surface area contributed by atoms with E-state index in [1.807, 2.05) is 43.3 Å². The van der Waals surface area contributed by atoms with Crippen LogP contribution < -0.4 is 0 Å². The summed E-state index contributed by atoms with van der Waals surface area (Å²) in [6.45, 7) is 3.69. The number of ether oxygens (including phenoxy) is 1. The molecule has 1 unspecified atom stereocenters. The first-order valence-corrected chi connectivity index (χ1v) is 12.2. The zero-order valence-electron chi connectivity index (χ0n) is 18.5. The Hall–Kier alpha value is -3.36. The zero-order valence-corrected chi connectivity index (χ0v) is 20.2. The third-order valence-electron chi connectivity index (χ3n) is 4.84. The highest BCUT2D eigenvalue weighted by Crippen LogP contribution is 2.38. The molecular formula is C26H21NO5S2. The number of Topliss-reactive ketones (excluding diaryl/α,β-unsaturated/α-hetero) is 1. The first-order valence-electron chi connectivity index (χ1n) is 10.6. The Morgan fingerprint density at radius 3 is 2.53 bits per heavy atom. The minimum absolute atomic E-state index is 0.103. The SMILES string of the molecule is CCOC(=O)C1C(=O)/C(=C/c2ccc(Sc3ccccc3)o2)SC1=NC(=O)c1ccc(C)cc1. The summed E-state index contributed by atoms with van der Waals surface area (Å²) < 4.78 is 10.9. The molecule has 8 heteroatoms. The van der Waals surface area contributed by atoms with E-state index in [9.17, 15) is 14.4 Å². The molecule has 1 fully saturated rings. The van der Waals surface area contributed by atoms with Gasteiger partial charge in [-0.05, 0) is 56.3 Å². The molecule has 6 nitrogen and oxygen atoms in total. The van der Waals surface area contributed by atoms with Crippen LogP contribution in [0.2, 0.25) is 0 Å². The third-order valence-corrected chi connectivity index (χ3v) is 6.84. The molecule has 0 radical (unpaired) electrons. The van der Waals surface area contributed by atoms with Gasteiger partial charge in [0.1, 0.15) is 10.8 Å². The van der Waals surface area contributed by atoms with Gasteiger partial charge in [0.2, 0.25) is 0 Å². The van der Waals surface area contributed by atoms with Gasteiger partial charge in [-0.3, -0.25) is 14.4 Å². The number of amides is 1. The standard InChI is InChI=1S/C26H21NO5S2/c1-3-31-26(30)22-23(28)20(34-25(22)27-24(29)17-11-9-16(2)10-12-17)15-18-13-14-21(32-18)33-19-7-5-4-6-8-19/h4-15,22H,3H2,1-2H3/b20-15-,27-25?. The van der Waals surface area contributed by atoms with E-state index in [0.29, 0.717) is 16.4 Å². The number of ketones is 1. The molecule has 1 amide bonds. The van der Waals surface area contributed by atoms with E-state index in [2.05, 4.69) is 4.99 Å². The van der Waals surface area contributed by atoms with E-state index >= 15 is 0 Å². The van der Waals surface area contributed by atoms with Gasteiger partial charge < -0.3 is 9.15 Å². The van der Waals surface area contributed by atoms with Gasteiger partial charge in [-0.2, -0.15) is 0 Å². The highest BCUT2D eigenvalue weighted by atomic mass is 32.2. The summed E-state index contributed by atoms with van der Waals surface area (Å²) in [5, 5.41) is 0.768. The van der Waals surface area contributed by atoms with Gasteiger partial charge in [0.25, 0.3) is 5.91 Å². The number of thioether (sulfide) groups is 1. The number of aliphatic imine (C=N–C) groups is 1. The molecule has 0 aliphatic carbocycles. The van der Waals surface area contributed by atoms with Crippen molar-refractivity contribution in [1.29, 1.82) is 0 Å². The molecular weight excluding hydrogens is 470 g/mol. The van der Waals surface area contributed by atoms with E-state index in [1.54, 1.807) is 43.3 Å². The Morgan fingerprint density at radius 2 is 1.82 bits per heavy atom. The van der Waals surface area contributed by atoms with E-state index in [0.717, 1.165) is 22.2 Å². The van der Waals surface area contributed by atoms with Crippen LogP contribution in [0.1, 0.15) is 28.6 Å². The van der Waals surface area contributed by atoms with Crippen LogP contribution >= 0.6 is 23.5 Å². The lowest BCUT2D eigenvalue weighted by Crippen LogP contribution is -2.27. The number of hydrogen-bond acceptors (Lipinski definition) is 7. The maximum absolute atomic E-state index is 13.1. The second-order valence-electron chi connectivity index (χ2n) is 7.35. The topological polar surface area (TPSA) is 85.9 Å². The maximum Gasteiger partial charge on any atom is 0.323 e. The average molecular weight is 492 g/mol. The second-order valence-corrected chi connectivity index (χ2v) is 9.49. The Kier molecular flexibility index (Phi) is 7.49. The van der Waals surface area contributed by atoms with Crippen LogP contribution in [-0.2, 0) is 14.3 Å². The van der Waals surface area contributed by atoms with Crippen LogP contribution in [0.5, 0.6) is 0 Å². The van der Waals surface area contributed by atoms with Gasteiger partial charge >= 0.3 is 5.97 Å². The Balaban J connectivity index is 1.59. The van der Waals surface area contributed by atoms with Crippen molar-refractivity contribution in [2.45, 2.75) is 23.8 Å². The number of rotatable bonds is 6. The fourth-order valence-corrected chi connectivity index (χ4v) is 5.03. The fraction of sp³-hybridized carbons (Fsp3) is 0.154. The van der Waals surface area contributed by atoms with Crippen LogP contribution in [-0.4, -0.2) is 29.3 Å². The number of carbonyl (C=O) groups is 3. The molecule has 1 saturated heterocycles. The lowest BCUT2D eigenvalue weighted by atomic mass is 10.1. The molecule has 1 atom stereocenters. The quantitative estimate of drug-likeness (QED) is 0.244. The number of benzene rings is 2. The molecule has 1 aliphatic heterocycles. The van der Waals surface area contributed by atoms with Crippen LogP contribution in [0.15, 0.2) is 91.0 Å². The summed E-state index contributed by atoms with van der Waals surface area (Å²) in [6, 6.07) is 20.2. The van der Waals surface area contributed by atoms with Crippen molar-refractivity contribution in [3.8, 4) is 0 Å². The van der Waals surface area contributed by atoms with Crippen molar-refractivity contribution in [3.63, 3.8) is 0 Å². The lowest BCUT2D eigenvalue weighted by molar-refractivity contribution is -0.147. The summed E-state index contributed by atoms with van der Waals surface area (Å²) >= 11 is 2.44. The highest BCUT2D eigenvalue weighted by Gasteiger charge is 2.43. The molecule has 4 rings (SSSR count). The van der Waals surface area contributed by atoms with Gasteiger partial charge in [0.15, 0.2) is 16.8 Å². The van der Waals surface area contributed by atoms with Gasteiger partial charge in [-0.25, -0.2) is 4.99 Å². The molecule has 0 bridgehead atoms. The van der Waals surface area contributed by atoms with Gasteiger partial charge in [-0.15, -0.1) is 0 Å². The van der Waals surface area contributed by atoms with Crippen molar-refractivity contribution >= 4 is 52.3 Å². The number of hydrogen-bond donors (Lipinski definition) is 0. The molecule has 1 aliphatic rings. The molecule has 2 heterocycles. The van der Waals surface area contributed by atoms with E-state index < -0.39 is 23.6 Å². The minimum atomic E-state index is -1.27. The summed E-state index contributed by atoms with van der Waals surface area (Å²) in [5.41, 5.74) is 1.38. The lowest BCUT2D eigenvalue weighted by Gasteiger charge is -2.07. The van der Waals surface area contributed by atoms with Gasteiger partial charge in [0, 0.05) is 10.5 Å². The minimum Gasteiger partial charge on any atom is -0.465 e. The molecule has 0 N–H and O–H groups in total. The van der Waals surface area contributed by atoms with Gasteiger partial charge in [0.05, 0.1) is 11.5 Å². The first kappa shape index (κ1) is 23.8. The summed E-state index contributed by atoms with van der Waals surface area (Å²) in [4.78, 5) is 43.7. The summed E-state index contributed by atoms with van der Waals surface area (Å²) in [7, 11) is 0. The summed E-state index contributed by atoms with van der Waals surface area (Å²) in [6.07, 6.45) is 1.56.